The Bertz CT molecular complexity index is 1250. The second-order valence-electron chi connectivity index (χ2n) is 6.39. The van der Waals surface area contributed by atoms with Gasteiger partial charge in [0.05, 0.1) is 17.6 Å². The van der Waals surface area contributed by atoms with Crippen LogP contribution in [0.15, 0.2) is 78.0 Å². The molecule has 28 heavy (non-hydrogen) atoms. The maximum absolute atomic E-state index is 13.5. The third-order valence-corrected chi connectivity index (χ3v) is 5.09. The summed E-state index contributed by atoms with van der Waals surface area (Å²) in [4.78, 5) is 22.2. The standard InChI is InChI=1S/C22H14ClN3O2/c23-18-7-2-1-6-15(18)16-11-17-19(13-28-20-8-4-10-25-21(17)20)26(22(16)27)14-5-3-9-24-12-14/h1-12H,13H2. The van der Waals surface area contributed by atoms with Crippen molar-refractivity contribution in [3.05, 3.63) is 94.3 Å². The van der Waals surface area contributed by atoms with Crippen LogP contribution in [-0.2, 0) is 6.61 Å². The summed E-state index contributed by atoms with van der Waals surface area (Å²) in [5.41, 5.74) is 3.96. The molecule has 4 aromatic rings. The zero-order valence-electron chi connectivity index (χ0n) is 14.7. The SMILES string of the molecule is O=c1c(-c2ccccc2Cl)cc2c(n1-c1cccnc1)COc1cccnc1-2. The van der Waals surface area contributed by atoms with Gasteiger partial charge in [0.15, 0.2) is 0 Å². The highest BCUT2D eigenvalue weighted by molar-refractivity contribution is 6.33. The highest BCUT2D eigenvalue weighted by atomic mass is 35.5. The summed E-state index contributed by atoms with van der Waals surface area (Å²) in [5, 5.41) is 0.519. The molecule has 5 rings (SSSR count). The van der Waals surface area contributed by atoms with Crippen LogP contribution in [-0.4, -0.2) is 14.5 Å². The number of nitrogens with zero attached hydrogens (tertiary/aromatic N) is 3. The lowest BCUT2D eigenvalue weighted by molar-refractivity contribution is 0.292. The quantitative estimate of drug-likeness (QED) is 0.508. The van der Waals surface area contributed by atoms with E-state index in [1.54, 1.807) is 35.3 Å². The van der Waals surface area contributed by atoms with Crippen LogP contribution in [0.2, 0.25) is 5.02 Å². The van der Waals surface area contributed by atoms with Crippen LogP contribution in [0.3, 0.4) is 0 Å². The van der Waals surface area contributed by atoms with E-state index in [1.807, 2.05) is 42.5 Å². The number of hydrogen-bond acceptors (Lipinski definition) is 4. The van der Waals surface area contributed by atoms with Gasteiger partial charge in [0.2, 0.25) is 0 Å². The normalized spacial score (nSPS) is 12.0. The molecule has 0 aliphatic carbocycles. The summed E-state index contributed by atoms with van der Waals surface area (Å²) in [5.74, 6) is 0.691. The van der Waals surface area contributed by atoms with Gasteiger partial charge in [0.1, 0.15) is 18.1 Å². The van der Waals surface area contributed by atoms with Crippen molar-refractivity contribution >= 4 is 11.6 Å². The molecule has 0 fully saturated rings. The summed E-state index contributed by atoms with van der Waals surface area (Å²) in [6.45, 7) is 0.265. The molecular weight excluding hydrogens is 374 g/mol. The summed E-state index contributed by atoms with van der Waals surface area (Å²) in [6, 6.07) is 16.5. The van der Waals surface area contributed by atoms with Crippen molar-refractivity contribution in [1.82, 2.24) is 14.5 Å². The van der Waals surface area contributed by atoms with E-state index < -0.39 is 0 Å². The molecule has 136 valence electrons. The minimum absolute atomic E-state index is 0.178. The first kappa shape index (κ1) is 16.7. The summed E-state index contributed by atoms with van der Waals surface area (Å²) in [7, 11) is 0. The number of halogens is 1. The second-order valence-corrected chi connectivity index (χ2v) is 6.80. The van der Waals surface area contributed by atoms with E-state index in [4.69, 9.17) is 16.3 Å². The molecule has 0 spiro atoms. The van der Waals surface area contributed by atoms with Gasteiger partial charge in [0.25, 0.3) is 5.56 Å². The number of hydrogen-bond donors (Lipinski definition) is 0. The highest BCUT2D eigenvalue weighted by Gasteiger charge is 2.25. The van der Waals surface area contributed by atoms with E-state index in [2.05, 4.69) is 9.97 Å². The summed E-state index contributed by atoms with van der Waals surface area (Å²) >= 11 is 6.41. The lowest BCUT2D eigenvalue weighted by Crippen LogP contribution is -2.27. The molecule has 4 heterocycles. The van der Waals surface area contributed by atoms with Crippen molar-refractivity contribution in [3.63, 3.8) is 0 Å². The van der Waals surface area contributed by atoms with E-state index in [0.29, 0.717) is 33.3 Å². The van der Waals surface area contributed by atoms with Crippen LogP contribution in [0, 0.1) is 0 Å². The van der Waals surface area contributed by atoms with Gasteiger partial charge in [-0.05, 0) is 36.4 Å². The van der Waals surface area contributed by atoms with Crippen LogP contribution < -0.4 is 10.3 Å². The van der Waals surface area contributed by atoms with Crippen LogP contribution in [0.25, 0.3) is 28.1 Å². The molecule has 0 amide bonds. The molecule has 6 heteroatoms. The van der Waals surface area contributed by atoms with Gasteiger partial charge in [0, 0.05) is 34.1 Å². The zero-order valence-corrected chi connectivity index (χ0v) is 15.4. The van der Waals surface area contributed by atoms with E-state index in [1.165, 1.54) is 0 Å². The third-order valence-electron chi connectivity index (χ3n) is 4.76. The predicted molar refractivity (Wildman–Crippen MR) is 108 cm³/mol. The van der Waals surface area contributed by atoms with E-state index in [9.17, 15) is 4.79 Å². The fraction of sp³-hybridized carbons (Fsp3) is 0.0455. The Balaban J connectivity index is 1.89. The molecule has 1 aliphatic rings. The molecule has 0 atom stereocenters. The van der Waals surface area contributed by atoms with Gasteiger partial charge in [-0.1, -0.05) is 29.8 Å². The van der Waals surface area contributed by atoms with Crippen molar-refractivity contribution in [2.24, 2.45) is 0 Å². The van der Waals surface area contributed by atoms with Crippen molar-refractivity contribution in [2.45, 2.75) is 6.61 Å². The number of fused-ring (bicyclic) bond motifs is 3. The first-order valence-electron chi connectivity index (χ1n) is 8.76. The van der Waals surface area contributed by atoms with Gasteiger partial charge in [-0.25, -0.2) is 0 Å². The van der Waals surface area contributed by atoms with Crippen molar-refractivity contribution in [2.75, 3.05) is 0 Å². The maximum atomic E-state index is 13.5. The Kier molecular flexibility index (Phi) is 3.95. The smallest absolute Gasteiger partial charge is 0.263 e. The number of aromatic nitrogens is 3. The second kappa shape index (κ2) is 6.62. The largest absolute Gasteiger partial charge is 0.485 e. The van der Waals surface area contributed by atoms with Gasteiger partial charge in [-0.2, -0.15) is 0 Å². The fourth-order valence-electron chi connectivity index (χ4n) is 3.49. The van der Waals surface area contributed by atoms with Gasteiger partial charge >= 0.3 is 0 Å². The number of ether oxygens (including phenoxy) is 1. The fourth-order valence-corrected chi connectivity index (χ4v) is 3.72. The van der Waals surface area contributed by atoms with Gasteiger partial charge in [-0.15, -0.1) is 0 Å². The molecule has 0 saturated carbocycles. The Labute approximate surface area is 165 Å². The van der Waals surface area contributed by atoms with E-state index >= 15 is 0 Å². The van der Waals surface area contributed by atoms with Crippen LogP contribution in [0.4, 0.5) is 0 Å². The van der Waals surface area contributed by atoms with Gasteiger partial charge in [-0.3, -0.25) is 19.3 Å². The van der Waals surface area contributed by atoms with E-state index in [0.717, 1.165) is 11.3 Å². The van der Waals surface area contributed by atoms with Crippen molar-refractivity contribution in [1.29, 1.82) is 0 Å². The van der Waals surface area contributed by atoms with Crippen LogP contribution >= 0.6 is 11.6 Å². The van der Waals surface area contributed by atoms with Crippen molar-refractivity contribution < 1.29 is 4.74 Å². The third kappa shape index (κ3) is 2.60. The Hall–Kier alpha value is -3.44. The molecule has 1 aliphatic heterocycles. The molecule has 5 nitrogen and oxygen atoms in total. The monoisotopic (exact) mass is 387 g/mol. The Morgan fingerprint density at radius 2 is 1.82 bits per heavy atom. The number of benzene rings is 1. The van der Waals surface area contributed by atoms with E-state index in [-0.39, 0.29) is 12.2 Å². The molecule has 0 saturated heterocycles. The lowest BCUT2D eigenvalue weighted by Gasteiger charge is -2.24. The Morgan fingerprint density at radius 1 is 0.964 bits per heavy atom. The average Bonchev–Trinajstić information content (AvgIpc) is 2.74. The van der Waals surface area contributed by atoms with Gasteiger partial charge < -0.3 is 4.74 Å². The Morgan fingerprint density at radius 3 is 2.64 bits per heavy atom. The average molecular weight is 388 g/mol. The lowest BCUT2D eigenvalue weighted by atomic mass is 9.99. The molecule has 0 unspecified atom stereocenters. The molecular formula is C22H14ClN3O2. The number of rotatable bonds is 2. The minimum atomic E-state index is -0.178. The molecule has 0 bridgehead atoms. The molecule has 0 N–H and O–H groups in total. The first-order chi connectivity index (χ1) is 13.7. The molecule has 1 aromatic carbocycles. The first-order valence-corrected chi connectivity index (χ1v) is 9.14. The summed E-state index contributed by atoms with van der Waals surface area (Å²) in [6.07, 6.45) is 5.05. The molecule has 0 radical (unpaired) electrons. The highest BCUT2D eigenvalue weighted by Crippen LogP contribution is 2.38. The van der Waals surface area contributed by atoms with Crippen LogP contribution in [0.5, 0.6) is 5.75 Å². The maximum Gasteiger partial charge on any atom is 0.263 e. The number of pyridine rings is 3. The zero-order chi connectivity index (χ0) is 19.1. The topological polar surface area (TPSA) is 57.0 Å². The predicted octanol–water partition coefficient (Wildman–Crippen LogP) is 4.51. The minimum Gasteiger partial charge on any atom is -0.485 e. The van der Waals surface area contributed by atoms with Crippen molar-refractivity contribution in [3.8, 4) is 33.8 Å². The summed E-state index contributed by atoms with van der Waals surface area (Å²) < 4.78 is 7.51. The van der Waals surface area contributed by atoms with Crippen LogP contribution in [0.1, 0.15) is 5.69 Å². The molecule has 3 aromatic heterocycles.